The highest BCUT2D eigenvalue weighted by atomic mass is 32.2. The van der Waals surface area contributed by atoms with Gasteiger partial charge in [-0.05, 0) is 52.7 Å². The predicted octanol–water partition coefficient (Wildman–Crippen LogP) is 0.750. The minimum atomic E-state index is -3.58. The average Bonchev–Trinajstić information content (AvgIpc) is 2.69. The molecule has 5 nitrogen and oxygen atoms in total. The molecule has 0 aromatic carbocycles. The van der Waals surface area contributed by atoms with Crippen molar-refractivity contribution in [2.45, 2.75) is 37.9 Å². The maximum Gasteiger partial charge on any atom is 0.324 e. The fraction of sp³-hybridized carbons (Fsp3) is 0.909. The molecule has 1 N–H and O–H groups in total. The second kappa shape index (κ2) is 5.35. The van der Waals surface area contributed by atoms with Crippen molar-refractivity contribution >= 4 is 15.8 Å². The van der Waals surface area contributed by atoms with Crippen molar-refractivity contribution in [3.05, 3.63) is 0 Å². The Balaban J connectivity index is 2.47. The number of nitrogens with zero attached hydrogens (tertiary/aromatic N) is 1. The number of hydrogen-bond acceptors (Lipinski definition) is 4. The van der Waals surface area contributed by atoms with Gasteiger partial charge in [0.15, 0.2) is 14.6 Å². The molecule has 1 rings (SSSR count). The number of aliphatic carboxylic acids is 1. The lowest BCUT2D eigenvalue weighted by Crippen LogP contribution is -2.42. The number of hydrogen-bond donors (Lipinski definition) is 1. The monoisotopic (exact) mass is 263 g/mol. The average molecular weight is 263 g/mol. The zero-order chi connectivity index (χ0) is 13.1. The van der Waals surface area contributed by atoms with E-state index in [9.17, 15) is 13.2 Å². The summed E-state index contributed by atoms with van der Waals surface area (Å²) in [5, 5.41) is 8.90. The molecule has 0 bridgehead atoms. The SMILES string of the molecule is CC(C)(C(=O)O)S(=O)(=O)CCCN1CCCC1. The van der Waals surface area contributed by atoms with Crippen LogP contribution in [0.25, 0.3) is 0 Å². The molecule has 1 saturated heterocycles. The molecule has 100 valence electrons. The van der Waals surface area contributed by atoms with Crippen molar-refractivity contribution in [3.63, 3.8) is 0 Å². The lowest BCUT2D eigenvalue weighted by Gasteiger charge is -2.20. The van der Waals surface area contributed by atoms with Gasteiger partial charge in [-0.3, -0.25) is 4.79 Å². The van der Waals surface area contributed by atoms with Crippen molar-refractivity contribution < 1.29 is 18.3 Å². The Morgan fingerprint density at radius 3 is 2.29 bits per heavy atom. The van der Waals surface area contributed by atoms with Crippen LogP contribution in [0.15, 0.2) is 0 Å². The minimum absolute atomic E-state index is 0.0528. The highest BCUT2D eigenvalue weighted by Crippen LogP contribution is 2.19. The summed E-state index contributed by atoms with van der Waals surface area (Å²) in [6.45, 7) is 5.31. The molecule has 1 aliphatic rings. The van der Waals surface area contributed by atoms with Crippen LogP contribution in [0.4, 0.5) is 0 Å². The van der Waals surface area contributed by atoms with Crippen molar-refractivity contribution in [3.8, 4) is 0 Å². The van der Waals surface area contributed by atoms with Crippen LogP contribution in [-0.2, 0) is 14.6 Å². The molecule has 0 unspecified atom stereocenters. The van der Waals surface area contributed by atoms with Crippen LogP contribution in [-0.4, -0.2) is 54.5 Å². The number of sulfone groups is 1. The first-order chi connectivity index (χ1) is 7.77. The largest absolute Gasteiger partial charge is 0.480 e. The van der Waals surface area contributed by atoms with Crippen LogP contribution in [0.2, 0.25) is 0 Å². The van der Waals surface area contributed by atoms with Crippen LogP contribution in [0.3, 0.4) is 0 Å². The van der Waals surface area contributed by atoms with Crippen LogP contribution < -0.4 is 0 Å². The Hall–Kier alpha value is -0.620. The summed E-state index contributed by atoms with van der Waals surface area (Å²) in [5.74, 6) is -1.33. The molecule has 1 aliphatic heterocycles. The molecule has 0 aromatic rings. The summed E-state index contributed by atoms with van der Waals surface area (Å²) < 4.78 is 22.1. The second-order valence-corrected chi connectivity index (χ2v) is 7.70. The van der Waals surface area contributed by atoms with Gasteiger partial charge in [0.05, 0.1) is 5.75 Å². The van der Waals surface area contributed by atoms with Crippen molar-refractivity contribution in [1.29, 1.82) is 0 Å². The summed E-state index contributed by atoms with van der Waals surface area (Å²) in [5.41, 5.74) is 0. The second-order valence-electron chi connectivity index (χ2n) is 5.04. The molecule has 1 heterocycles. The normalized spacial score (nSPS) is 18.5. The quantitative estimate of drug-likeness (QED) is 0.765. The molecule has 0 amide bonds. The van der Waals surface area contributed by atoms with E-state index in [0.717, 1.165) is 19.6 Å². The highest BCUT2D eigenvalue weighted by molar-refractivity contribution is 7.93. The molecule has 17 heavy (non-hydrogen) atoms. The number of carboxylic acids is 1. The molecule has 1 fully saturated rings. The zero-order valence-electron chi connectivity index (χ0n) is 10.5. The third-order valence-electron chi connectivity index (χ3n) is 3.38. The maximum absolute atomic E-state index is 11.9. The standard InChI is InChI=1S/C11H21NO4S/c1-11(2,10(13)14)17(15,16)9-5-8-12-6-3-4-7-12/h3-9H2,1-2H3,(H,13,14). The van der Waals surface area contributed by atoms with Crippen LogP contribution in [0.1, 0.15) is 33.1 Å². The zero-order valence-corrected chi connectivity index (χ0v) is 11.3. The van der Waals surface area contributed by atoms with Gasteiger partial charge in [0.25, 0.3) is 0 Å². The number of carboxylic acid groups (broad SMARTS) is 1. The van der Waals surface area contributed by atoms with Crippen molar-refractivity contribution in [2.24, 2.45) is 0 Å². The van der Waals surface area contributed by atoms with E-state index in [-0.39, 0.29) is 5.75 Å². The maximum atomic E-state index is 11.9. The fourth-order valence-electron chi connectivity index (χ4n) is 1.87. The highest BCUT2D eigenvalue weighted by Gasteiger charge is 2.41. The third kappa shape index (κ3) is 3.42. The Morgan fingerprint density at radius 1 is 1.29 bits per heavy atom. The molecular formula is C11H21NO4S. The van der Waals surface area contributed by atoms with Gasteiger partial charge in [-0.2, -0.15) is 0 Å². The molecule has 0 atom stereocenters. The van der Waals surface area contributed by atoms with Gasteiger partial charge in [-0.15, -0.1) is 0 Å². The summed E-state index contributed by atoms with van der Waals surface area (Å²) in [7, 11) is -3.58. The lowest BCUT2D eigenvalue weighted by molar-refractivity contribution is -0.139. The molecular weight excluding hydrogens is 242 g/mol. The van der Waals surface area contributed by atoms with Crippen molar-refractivity contribution in [2.75, 3.05) is 25.4 Å². The van der Waals surface area contributed by atoms with E-state index in [2.05, 4.69) is 4.90 Å². The first-order valence-electron chi connectivity index (χ1n) is 5.95. The Labute approximate surface area is 103 Å². The van der Waals surface area contributed by atoms with E-state index >= 15 is 0 Å². The van der Waals surface area contributed by atoms with E-state index in [4.69, 9.17) is 5.11 Å². The Morgan fingerprint density at radius 2 is 1.82 bits per heavy atom. The molecule has 0 aromatic heterocycles. The summed E-state index contributed by atoms with van der Waals surface area (Å²) >= 11 is 0. The van der Waals surface area contributed by atoms with Gasteiger partial charge in [0.1, 0.15) is 0 Å². The Bertz CT molecular complexity index is 369. The summed E-state index contributed by atoms with van der Waals surface area (Å²) in [6, 6.07) is 0. The topological polar surface area (TPSA) is 74.7 Å². The number of likely N-dealkylation sites (tertiary alicyclic amines) is 1. The van der Waals surface area contributed by atoms with Crippen LogP contribution >= 0.6 is 0 Å². The number of carbonyl (C=O) groups is 1. The van der Waals surface area contributed by atoms with Gasteiger partial charge < -0.3 is 10.0 Å². The molecule has 0 spiro atoms. The van der Waals surface area contributed by atoms with Gasteiger partial charge in [0.2, 0.25) is 0 Å². The van der Waals surface area contributed by atoms with Crippen LogP contribution in [0, 0.1) is 0 Å². The summed E-state index contributed by atoms with van der Waals surface area (Å²) in [6.07, 6.45) is 2.86. The third-order valence-corrected chi connectivity index (χ3v) is 5.93. The summed E-state index contributed by atoms with van der Waals surface area (Å²) in [4.78, 5) is 13.1. The first-order valence-corrected chi connectivity index (χ1v) is 7.60. The predicted molar refractivity (Wildman–Crippen MR) is 65.8 cm³/mol. The van der Waals surface area contributed by atoms with Crippen molar-refractivity contribution in [1.82, 2.24) is 4.90 Å². The van der Waals surface area contributed by atoms with Crippen LogP contribution in [0.5, 0.6) is 0 Å². The molecule has 0 saturated carbocycles. The van der Waals surface area contributed by atoms with E-state index in [1.54, 1.807) is 0 Å². The fourth-order valence-corrected chi connectivity index (χ4v) is 3.16. The lowest BCUT2D eigenvalue weighted by atomic mass is 10.2. The Kier molecular flexibility index (Phi) is 4.55. The van der Waals surface area contributed by atoms with Gasteiger partial charge in [0, 0.05) is 0 Å². The first kappa shape index (κ1) is 14.4. The van der Waals surface area contributed by atoms with E-state index < -0.39 is 20.6 Å². The van der Waals surface area contributed by atoms with Gasteiger partial charge >= 0.3 is 5.97 Å². The van der Waals surface area contributed by atoms with E-state index in [0.29, 0.717) is 6.42 Å². The molecule has 0 aliphatic carbocycles. The molecule has 0 radical (unpaired) electrons. The molecule has 6 heteroatoms. The minimum Gasteiger partial charge on any atom is -0.480 e. The van der Waals surface area contributed by atoms with E-state index in [1.165, 1.54) is 26.7 Å². The van der Waals surface area contributed by atoms with Gasteiger partial charge in [-0.25, -0.2) is 8.42 Å². The number of rotatable bonds is 6. The smallest absolute Gasteiger partial charge is 0.324 e. The van der Waals surface area contributed by atoms with Gasteiger partial charge in [-0.1, -0.05) is 0 Å². The van der Waals surface area contributed by atoms with E-state index in [1.807, 2.05) is 0 Å².